The summed E-state index contributed by atoms with van der Waals surface area (Å²) in [6.45, 7) is 2.31. The fourth-order valence-corrected chi connectivity index (χ4v) is 2.52. The van der Waals surface area contributed by atoms with E-state index in [0.717, 1.165) is 31.9 Å². The molecule has 2 unspecified atom stereocenters. The Morgan fingerprint density at radius 3 is 3.11 bits per heavy atom. The predicted octanol–water partition coefficient (Wildman–Crippen LogP) is 1.89. The van der Waals surface area contributed by atoms with Crippen LogP contribution in [0.15, 0.2) is 18.5 Å². The second-order valence-corrected chi connectivity index (χ2v) is 5.45. The molecule has 0 saturated heterocycles. The van der Waals surface area contributed by atoms with Gasteiger partial charge in [0.2, 0.25) is 0 Å². The second-order valence-electron chi connectivity index (χ2n) is 5.45. The van der Waals surface area contributed by atoms with Crippen LogP contribution in [0.1, 0.15) is 43.0 Å². The smallest absolute Gasteiger partial charge is 0.254 e. The van der Waals surface area contributed by atoms with Crippen LogP contribution in [0.3, 0.4) is 0 Å². The lowest BCUT2D eigenvalue weighted by atomic mass is 9.73. The third-order valence-corrected chi connectivity index (χ3v) is 3.95. The van der Waals surface area contributed by atoms with Gasteiger partial charge in [0.25, 0.3) is 5.91 Å². The number of carbonyl (C=O) groups excluding carboxylic acids is 1. The van der Waals surface area contributed by atoms with Gasteiger partial charge in [0, 0.05) is 18.2 Å². The summed E-state index contributed by atoms with van der Waals surface area (Å²) >= 11 is 0. The van der Waals surface area contributed by atoms with Gasteiger partial charge in [-0.05, 0) is 18.9 Å². The second kappa shape index (κ2) is 5.65. The fourth-order valence-electron chi connectivity index (χ4n) is 2.52. The van der Waals surface area contributed by atoms with Crippen LogP contribution in [0.2, 0.25) is 0 Å². The Morgan fingerprint density at radius 1 is 1.63 bits per heavy atom. The van der Waals surface area contributed by atoms with E-state index in [9.17, 15) is 14.3 Å². The van der Waals surface area contributed by atoms with Crippen molar-refractivity contribution in [1.82, 2.24) is 10.3 Å². The molecule has 4 nitrogen and oxygen atoms in total. The lowest BCUT2D eigenvalue weighted by Gasteiger charge is -2.38. The van der Waals surface area contributed by atoms with E-state index in [1.165, 1.54) is 12.3 Å². The SMILES string of the molecule is CC1(CNC(=O)c2ccncc2F)CCCCC1O. The number of carbonyl (C=O) groups is 1. The van der Waals surface area contributed by atoms with Crippen molar-refractivity contribution in [3.63, 3.8) is 0 Å². The lowest BCUT2D eigenvalue weighted by molar-refractivity contribution is 0.00188. The molecule has 2 rings (SSSR count). The van der Waals surface area contributed by atoms with E-state index >= 15 is 0 Å². The number of rotatable bonds is 3. The predicted molar refractivity (Wildman–Crippen MR) is 69.1 cm³/mol. The maximum Gasteiger partial charge on any atom is 0.254 e. The minimum absolute atomic E-state index is 0.0103. The molecule has 1 saturated carbocycles. The van der Waals surface area contributed by atoms with Crippen molar-refractivity contribution in [3.8, 4) is 0 Å². The van der Waals surface area contributed by atoms with Crippen molar-refractivity contribution in [2.75, 3.05) is 6.54 Å². The third-order valence-electron chi connectivity index (χ3n) is 3.95. The Bertz CT molecular complexity index is 467. The summed E-state index contributed by atoms with van der Waals surface area (Å²) in [6.07, 6.45) is 5.69. The van der Waals surface area contributed by atoms with E-state index in [0.29, 0.717) is 6.54 Å². The summed E-state index contributed by atoms with van der Waals surface area (Å²) in [4.78, 5) is 15.5. The highest BCUT2D eigenvalue weighted by Crippen LogP contribution is 2.35. The van der Waals surface area contributed by atoms with Gasteiger partial charge < -0.3 is 10.4 Å². The maximum atomic E-state index is 13.4. The normalized spacial score (nSPS) is 27.0. The van der Waals surface area contributed by atoms with Crippen LogP contribution in [-0.4, -0.2) is 28.6 Å². The first-order valence-corrected chi connectivity index (χ1v) is 6.59. The molecular weight excluding hydrogens is 247 g/mol. The number of halogens is 1. The zero-order chi connectivity index (χ0) is 13.9. The first kappa shape index (κ1) is 13.9. The highest BCUT2D eigenvalue weighted by atomic mass is 19.1. The van der Waals surface area contributed by atoms with Gasteiger partial charge in [-0.15, -0.1) is 0 Å². The van der Waals surface area contributed by atoms with Crippen LogP contribution in [0.25, 0.3) is 0 Å². The minimum atomic E-state index is -0.630. The monoisotopic (exact) mass is 266 g/mol. The van der Waals surface area contributed by atoms with Crippen LogP contribution in [-0.2, 0) is 0 Å². The van der Waals surface area contributed by atoms with Crippen molar-refractivity contribution >= 4 is 5.91 Å². The van der Waals surface area contributed by atoms with Crippen molar-refractivity contribution in [2.45, 2.75) is 38.7 Å². The first-order valence-electron chi connectivity index (χ1n) is 6.59. The van der Waals surface area contributed by atoms with Crippen molar-refractivity contribution in [2.24, 2.45) is 5.41 Å². The molecule has 1 heterocycles. The number of aliphatic hydroxyl groups excluding tert-OH is 1. The minimum Gasteiger partial charge on any atom is -0.392 e. The van der Waals surface area contributed by atoms with Crippen LogP contribution in [0.5, 0.6) is 0 Å². The summed E-state index contributed by atoms with van der Waals surface area (Å²) < 4.78 is 13.4. The van der Waals surface area contributed by atoms with E-state index in [4.69, 9.17) is 0 Å². The molecular formula is C14H19FN2O2. The van der Waals surface area contributed by atoms with Gasteiger partial charge in [-0.3, -0.25) is 9.78 Å². The zero-order valence-electron chi connectivity index (χ0n) is 11.0. The number of hydrogen-bond acceptors (Lipinski definition) is 3. The molecule has 2 N–H and O–H groups in total. The summed E-state index contributed by atoms with van der Waals surface area (Å²) in [5.74, 6) is -1.09. The van der Waals surface area contributed by atoms with E-state index in [-0.39, 0.29) is 11.0 Å². The quantitative estimate of drug-likeness (QED) is 0.878. The number of amides is 1. The van der Waals surface area contributed by atoms with Crippen LogP contribution >= 0.6 is 0 Å². The molecule has 1 aromatic heterocycles. The molecule has 0 bridgehead atoms. The van der Waals surface area contributed by atoms with Crippen LogP contribution in [0.4, 0.5) is 4.39 Å². The summed E-state index contributed by atoms with van der Waals surface area (Å²) in [5, 5.41) is 12.7. The van der Waals surface area contributed by atoms with E-state index in [1.807, 2.05) is 6.92 Å². The highest BCUT2D eigenvalue weighted by Gasteiger charge is 2.35. The Balaban J connectivity index is 1.99. The van der Waals surface area contributed by atoms with Gasteiger partial charge in [0.1, 0.15) is 0 Å². The largest absolute Gasteiger partial charge is 0.392 e. The number of nitrogens with one attached hydrogen (secondary N) is 1. The Hall–Kier alpha value is -1.49. The Labute approximate surface area is 112 Å². The standard InChI is InChI=1S/C14H19FN2O2/c1-14(6-3-2-4-12(14)18)9-17-13(19)10-5-7-16-8-11(10)15/h5,7-8,12,18H,2-4,6,9H2,1H3,(H,17,19). The lowest BCUT2D eigenvalue weighted by Crippen LogP contribution is -2.45. The number of nitrogens with zero attached hydrogens (tertiary/aromatic N) is 1. The topological polar surface area (TPSA) is 62.2 Å². The molecule has 0 spiro atoms. The van der Waals surface area contributed by atoms with Crippen molar-refractivity contribution < 1.29 is 14.3 Å². The number of pyridine rings is 1. The van der Waals surface area contributed by atoms with Gasteiger partial charge in [0.15, 0.2) is 5.82 Å². The maximum absolute atomic E-state index is 13.4. The molecule has 104 valence electrons. The zero-order valence-corrected chi connectivity index (χ0v) is 11.0. The number of hydrogen-bond donors (Lipinski definition) is 2. The summed E-state index contributed by atoms with van der Waals surface area (Å²) in [7, 11) is 0. The third kappa shape index (κ3) is 3.10. The molecule has 1 aliphatic rings. The molecule has 1 aliphatic carbocycles. The van der Waals surface area contributed by atoms with Gasteiger partial charge in [-0.2, -0.15) is 0 Å². The van der Waals surface area contributed by atoms with Gasteiger partial charge in [0.05, 0.1) is 17.9 Å². The molecule has 1 aromatic rings. The Morgan fingerprint density at radius 2 is 2.42 bits per heavy atom. The molecule has 1 fully saturated rings. The summed E-state index contributed by atoms with van der Waals surface area (Å²) in [6, 6.07) is 1.35. The van der Waals surface area contributed by atoms with Crippen LogP contribution in [0, 0.1) is 11.2 Å². The first-order chi connectivity index (χ1) is 9.03. The molecule has 2 atom stereocenters. The van der Waals surface area contributed by atoms with Crippen molar-refractivity contribution in [3.05, 3.63) is 29.8 Å². The van der Waals surface area contributed by atoms with Gasteiger partial charge in [-0.1, -0.05) is 19.8 Å². The molecule has 1 amide bonds. The molecule has 5 heteroatoms. The van der Waals surface area contributed by atoms with Crippen LogP contribution < -0.4 is 5.32 Å². The molecule has 0 aliphatic heterocycles. The number of aliphatic hydroxyl groups is 1. The average Bonchev–Trinajstić information content (AvgIpc) is 2.40. The average molecular weight is 266 g/mol. The number of aromatic nitrogens is 1. The highest BCUT2D eigenvalue weighted by molar-refractivity contribution is 5.94. The fraction of sp³-hybridized carbons (Fsp3) is 0.571. The van der Waals surface area contributed by atoms with Crippen molar-refractivity contribution in [1.29, 1.82) is 0 Å². The van der Waals surface area contributed by atoms with Gasteiger partial charge >= 0.3 is 0 Å². The molecule has 19 heavy (non-hydrogen) atoms. The molecule has 0 radical (unpaired) electrons. The summed E-state index contributed by atoms with van der Waals surface area (Å²) in [5.41, 5.74) is -0.332. The molecule has 0 aromatic carbocycles. The van der Waals surface area contributed by atoms with Gasteiger partial charge in [-0.25, -0.2) is 4.39 Å². The van der Waals surface area contributed by atoms with E-state index in [1.54, 1.807) is 0 Å². The van der Waals surface area contributed by atoms with E-state index in [2.05, 4.69) is 10.3 Å². The Kier molecular flexibility index (Phi) is 4.14. The van der Waals surface area contributed by atoms with E-state index < -0.39 is 17.8 Å².